The fraction of sp³-hybridized carbons (Fsp3) is 0.0588. The van der Waals surface area contributed by atoms with Crippen molar-refractivity contribution in [1.82, 2.24) is 29.4 Å². The summed E-state index contributed by atoms with van der Waals surface area (Å²) >= 11 is 1.70. The van der Waals surface area contributed by atoms with Crippen molar-refractivity contribution in [2.24, 2.45) is 7.05 Å². The van der Waals surface area contributed by atoms with E-state index in [1.807, 2.05) is 37.8 Å². The highest BCUT2D eigenvalue weighted by Crippen LogP contribution is 2.34. The first-order chi connectivity index (χ1) is 11.8. The standard InChI is InChI=1S/C17H12N6S/c1-22-7-12(6-19-22)14-3-4-15-17(21-14)13(9-24-15)11-2-5-16-18-10-20-23(16)8-11/h2-10H,1H3. The van der Waals surface area contributed by atoms with Gasteiger partial charge in [0.1, 0.15) is 6.33 Å². The van der Waals surface area contributed by atoms with Crippen molar-refractivity contribution < 1.29 is 0 Å². The van der Waals surface area contributed by atoms with Crippen LogP contribution in [-0.4, -0.2) is 29.4 Å². The summed E-state index contributed by atoms with van der Waals surface area (Å²) in [6, 6.07) is 8.19. The molecular formula is C17H12N6S. The molecule has 0 fully saturated rings. The van der Waals surface area contributed by atoms with Gasteiger partial charge < -0.3 is 0 Å². The number of hydrogen-bond donors (Lipinski definition) is 0. The van der Waals surface area contributed by atoms with Gasteiger partial charge >= 0.3 is 0 Å². The molecule has 0 aromatic carbocycles. The Hall–Kier alpha value is -3.06. The largest absolute Gasteiger partial charge is 0.275 e. The molecule has 0 amide bonds. The maximum absolute atomic E-state index is 4.87. The van der Waals surface area contributed by atoms with Gasteiger partial charge in [-0.05, 0) is 24.3 Å². The summed E-state index contributed by atoms with van der Waals surface area (Å²) in [5.41, 5.74) is 5.97. The fourth-order valence-corrected chi connectivity index (χ4v) is 3.71. The summed E-state index contributed by atoms with van der Waals surface area (Å²) in [6.45, 7) is 0. The number of rotatable bonds is 2. The van der Waals surface area contributed by atoms with E-state index in [1.54, 1.807) is 26.9 Å². The molecule has 0 aliphatic carbocycles. The molecule has 0 atom stereocenters. The zero-order chi connectivity index (χ0) is 16.1. The first kappa shape index (κ1) is 13.4. The molecule has 0 saturated heterocycles. The lowest BCUT2D eigenvalue weighted by atomic mass is 10.1. The third-order valence-electron chi connectivity index (χ3n) is 4.00. The number of pyridine rings is 2. The van der Waals surface area contributed by atoms with Crippen LogP contribution in [0.1, 0.15) is 0 Å². The van der Waals surface area contributed by atoms with Crippen LogP contribution in [-0.2, 0) is 7.05 Å². The molecule has 7 heteroatoms. The second-order valence-electron chi connectivity index (χ2n) is 5.58. The third kappa shape index (κ3) is 2.02. The zero-order valence-electron chi connectivity index (χ0n) is 12.8. The number of thiophene rings is 1. The van der Waals surface area contributed by atoms with Crippen LogP contribution in [0.5, 0.6) is 0 Å². The predicted molar refractivity (Wildman–Crippen MR) is 93.8 cm³/mol. The van der Waals surface area contributed by atoms with Crippen molar-refractivity contribution in [1.29, 1.82) is 0 Å². The second-order valence-corrected chi connectivity index (χ2v) is 6.49. The number of aryl methyl sites for hydroxylation is 1. The van der Waals surface area contributed by atoms with E-state index in [9.17, 15) is 0 Å². The number of fused-ring (bicyclic) bond motifs is 2. The molecule has 6 nitrogen and oxygen atoms in total. The molecule has 0 radical (unpaired) electrons. The van der Waals surface area contributed by atoms with Gasteiger partial charge in [-0.3, -0.25) is 4.68 Å². The lowest BCUT2D eigenvalue weighted by Gasteiger charge is -2.02. The first-order valence-electron chi connectivity index (χ1n) is 7.45. The Balaban J connectivity index is 1.70. The SMILES string of the molecule is Cn1cc(-c2ccc3scc(-c4ccc5ncnn5c4)c3n2)cn1. The first-order valence-corrected chi connectivity index (χ1v) is 8.33. The average molecular weight is 332 g/mol. The minimum absolute atomic E-state index is 0.835. The van der Waals surface area contributed by atoms with Crippen molar-refractivity contribution >= 4 is 27.2 Å². The number of hydrogen-bond acceptors (Lipinski definition) is 5. The highest BCUT2D eigenvalue weighted by Gasteiger charge is 2.11. The van der Waals surface area contributed by atoms with Crippen LogP contribution in [0.25, 0.3) is 38.2 Å². The molecule has 0 unspecified atom stereocenters. The minimum atomic E-state index is 0.835. The van der Waals surface area contributed by atoms with Gasteiger partial charge in [0, 0.05) is 41.5 Å². The zero-order valence-corrected chi connectivity index (χ0v) is 13.6. The summed E-state index contributed by atoms with van der Waals surface area (Å²) in [5.74, 6) is 0. The maximum Gasteiger partial charge on any atom is 0.155 e. The van der Waals surface area contributed by atoms with Crippen molar-refractivity contribution in [3.05, 3.63) is 54.6 Å². The van der Waals surface area contributed by atoms with Gasteiger partial charge in [-0.2, -0.15) is 10.2 Å². The normalized spacial score (nSPS) is 11.5. The highest BCUT2D eigenvalue weighted by atomic mass is 32.1. The Bertz CT molecular complexity index is 1180. The monoisotopic (exact) mass is 332 g/mol. The molecular weight excluding hydrogens is 320 g/mol. The summed E-state index contributed by atoms with van der Waals surface area (Å²) in [5, 5.41) is 10.6. The van der Waals surface area contributed by atoms with Gasteiger partial charge in [0.15, 0.2) is 5.65 Å². The molecule has 5 aromatic heterocycles. The van der Waals surface area contributed by atoms with Gasteiger partial charge in [0.25, 0.3) is 0 Å². The maximum atomic E-state index is 4.87. The van der Waals surface area contributed by atoms with Crippen LogP contribution in [0.15, 0.2) is 54.6 Å². The van der Waals surface area contributed by atoms with Crippen molar-refractivity contribution in [3.8, 4) is 22.4 Å². The minimum Gasteiger partial charge on any atom is -0.275 e. The Labute approximate surface area is 141 Å². The molecule has 0 aliphatic rings. The van der Waals surface area contributed by atoms with Gasteiger partial charge in [-0.25, -0.2) is 14.5 Å². The van der Waals surface area contributed by atoms with E-state index in [-0.39, 0.29) is 0 Å². The molecule has 0 saturated carbocycles. The summed E-state index contributed by atoms with van der Waals surface area (Å²) < 4.78 is 4.73. The Kier molecular flexibility index (Phi) is 2.77. The molecule has 5 heterocycles. The van der Waals surface area contributed by atoms with Gasteiger partial charge in [0.05, 0.1) is 22.1 Å². The molecule has 24 heavy (non-hydrogen) atoms. The lowest BCUT2D eigenvalue weighted by molar-refractivity contribution is 0.768. The average Bonchev–Trinajstić information content (AvgIpc) is 3.32. The van der Waals surface area contributed by atoms with Crippen LogP contribution < -0.4 is 0 Å². The smallest absolute Gasteiger partial charge is 0.155 e. The van der Waals surface area contributed by atoms with Gasteiger partial charge in [0.2, 0.25) is 0 Å². The van der Waals surface area contributed by atoms with Gasteiger partial charge in [-0.1, -0.05) is 0 Å². The van der Waals surface area contributed by atoms with Crippen LogP contribution in [0.4, 0.5) is 0 Å². The topological polar surface area (TPSA) is 60.9 Å². The van der Waals surface area contributed by atoms with Crippen molar-refractivity contribution in [2.45, 2.75) is 0 Å². The van der Waals surface area contributed by atoms with Gasteiger partial charge in [-0.15, -0.1) is 11.3 Å². The van der Waals surface area contributed by atoms with E-state index < -0.39 is 0 Å². The van der Waals surface area contributed by atoms with Crippen LogP contribution >= 0.6 is 11.3 Å². The van der Waals surface area contributed by atoms with Crippen LogP contribution in [0.3, 0.4) is 0 Å². The van der Waals surface area contributed by atoms with Crippen LogP contribution in [0.2, 0.25) is 0 Å². The Morgan fingerprint density at radius 2 is 1.96 bits per heavy atom. The van der Waals surface area contributed by atoms with E-state index in [2.05, 4.69) is 32.7 Å². The molecule has 116 valence electrons. The van der Waals surface area contributed by atoms with E-state index >= 15 is 0 Å². The summed E-state index contributed by atoms with van der Waals surface area (Å²) in [7, 11) is 1.91. The third-order valence-corrected chi connectivity index (χ3v) is 4.94. The van der Waals surface area contributed by atoms with E-state index in [1.165, 1.54) is 0 Å². The number of nitrogens with zero attached hydrogens (tertiary/aromatic N) is 6. The van der Waals surface area contributed by atoms with Crippen LogP contribution in [0, 0.1) is 0 Å². The molecule has 0 spiro atoms. The summed E-state index contributed by atoms with van der Waals surface area (Å²) in [4.78, 5) is 9.06. The van der Waals surface area contributed by atoms with E-state index in [0.29, 0.717) is 0 Å². The fourth-order valence-electron chi connectivity index (χ4n) is 2.81. The molecule has 0 aliphatic heterocycles. The molecule has 5 rings (SSSR count). The Morgan fingerprint density at radius 1 is 1.00 bits per heavy atom. The summed E-state index contributed by atoms with van der Waals surface area (Å²) in [6.07, 6.45) is 7.36. The van der Waals surface area contributed by atoms with E-state index in [0.717, 1.165) is 38.2 Å². The quantitative estimate of drug-likeness (QED) is 0.497. The lowest BCUT2D eigenvalue weighted by Crippen LogP contribution is -1.89. The molecule has 5 aromatic rings. The van der Waals surface area contributed by atoms with Crippen molar-refractivity contribution in [2.75, 3.05) is 0 Å². The van der Waals surface area contributed by atoms with Crippen molar-refractivity contribution in [3.63, 3.8) is 0 Å². The predicted octanol–water partition coefficient (Wildman–Crippen LogP) is 3.41. The number of aromatic nitrogens is 6. The Morgan fingerprint density at radius 3 is 2.83 bits per heavy atom. The molecule has 0 bridgehead atoms. The molecule has 0 N–H and O–H groups in total. The van der Waals surface area contributed by atoms with E-state index in [4.69, 9.17) is 4.98 Å². The highest BCUT2D eigenvalue weighted by molar-refractivity contribution is 7.17. The second kappa shape index (κ2) is 4.97.